The van der Waals surface area contributed by atoms with E-state index in [0.717, 1.165) is 103 Å². The third-order valence-electron chi connectivity index (χ3n) is 10.3. The lowest BCUT2D eigenvalue weighted by atomic mass is 10.0. The van der Waals surface area contributed by atoms with Crippen LogP contribution in [0.5, 0.6) is 0 Å². The van der Waals surface area contributed by atoms with Crippen LogP contribution < -0.4 is 0 Å². The summed E-state index contributed by atoms with van der Waals surface area (Å²) in [6.07, 6.45) is 68.0. The van der Waals surface area contributed by atoms with Crippen molar-refractivity contribution in [2.75, 3.05) is 13.2 Å². The Kier molecular flexibility index (Phi) is 47.5. The van der Waals surface area contributed by atoms with E-state index in [2.05, 4.69) is 112 Å². The Morgan fingerprint density at radius 3 is 1.21 bits per heavy atom. The molecule has 1 atom stereocenters. The Bertz CT molecular complexity index is 1330. The minimum absolute atomic E-state index is 0.110. The van der Waals surface area contributed by atoms with Crippen LogP contribution in [0.1, 0.15) is 213 Å². The smallest absolute Gasteiger partial charge is 0.306 e. The molecule has 0 amide bonds. The Morgan fingerprint density at radius 2 is 0.730 bits per heavy atom. The molecule has 0 saturated carbocycles. The standard InChI is InChI=1S/C57H92O6/c1-4-7-10-13-16-19-22-25-26-27-28-29-30-33-35-38-41-44-47-50-56(59)62-53-54(63-57(60)51-48-45-42-39-36-32-24-21-18-15-12-9-6-3)52-61-55(58)49-46-43-40-37-34-31-23-20-17-14-11-8-5-2/h7,9-10,12,15-16,18-19,21,24-26,28-29,33,35,41,44,54H,4-6,8,11,13-14,17,20,22-23,27,30-32,34,36-40,42-43,45-53H2,1-3H3/b10-7-,12-9-,18-15-,19-16-,24-21-,26-25-,29-28-,35-33-,44-41-. The number of hydrogen-bond donors (Lipinski definition) is 0. The summed E-state index contributed by atoms with van der Waals surface area (Å²) in [5, 5.41) is 0. The molecular formula is C57H92O6. The molecule has 0 aromatic rings. The summed E-state index contributed by atoms with van der Waals surface area (Å²) in [7, 11) is 0. The van der Waals surface area contributed by atoms with E-state index in [9.17, 15) is 14.4 Å². The van der Waals surface area contributed by atoms with Gasteiger partial charge in [0.05, 0.1) is 0 Å². The fourth-order valence-corrected chi connectivity index (χ4v) is 6.58. The zero-order valence-electron chi connectivity index (χ0n) is 40.5. The average molecular weight is 873 g/mol. The molecule has 63 heavy (non-hydrogen) atoms. The minimum Gasteiger partial charge on any atom is -0.462 e. The molecule has 0 N–H and O–H groups in total. The zero-order chi connectivity index (χ0) is 45.8. The van der Waals surface area contributed by atoms with E-state index >= 15 is 0 Å². The Labute approximate surface area is 387 Å². The van der Waals surface area contributed by atoms with E-state index in [4.69, 9.17) is 14.2 Å². The SMILES string of the molecule is CC\C=C/C=C\C=C/CCCCCCCC(=O)OC(COC(=O)CC/C=C\C/C=C\C/C=C\C/C=C\C/C=C\C/C=C\CC)COC(=O)CCCCCCCCCCCCCCC. The molecule has 0 aliphatic carbocycles. The molecule has 6 heteroatoms. The van der Waals surface area contributed by atoms with E-state index in [1.807, 2.05) is 18.2 Å². The first-order valence-corrected chi connectivity index (χ1v) is 25.4. The minimum atomic E-state index is -0.818. The molecule has 0 rings (SSSR count). The summed E-state index contributed by atoms with van der Waals surface area (Å²) in [5.41, 5.74) is 0. The Morgan fingerprint density at radius 1 is 0.349 bits per heavy atom. The second kappa shape index (κ2) is 50.7. The van der Waals surface area contributed by atoms with Crippen LogP contribution in [0.4, 0.5) is 0 Å². The highest BCUT2D eigenvalue weighted by Crippen LogP contribution is 2.14. The van der Waals surface area contributed by atoms with Crippen molar-refractivity contribution in [3.05, 3.63) is 109 Å². The van der Waals surface area contributed by atoms with Crippen LogP contribution in [0.15, 0.2) is 109 Å². The topological polar surface area (TPSA) is 78.9 Å². The fraction of sp³-hybridized carbons (Fsp3) is 0.632. The van der Waals surface area contributed by atoms with Gasteiger partial charge in [0.1, 0.15) is 13.2 Å². The molecule has 0 aliphatic heterocycles. The van der Waals surface area contributed by atoms with Gasteiger partial charge < -0.3 is 14.2 Å². The van der Waals surface area contributed by atoms with E-state index in [-0.39, 0.29) is 44.0 Å². The summed E-state index contributed by atoms with van der Waals surface area (Å²) < 4.78 is 16.7. The van der Waals surface area contributed by atoms with Gasteiger partial charge in [-0.2, -0.15) is 0 Å². The monoisotopic (exact) mass is 873 g/mol. The van der Waals surface area contributed by atoms with Gasteiger partial charge in [0, 0.05) is 19.3 Å². The lowest BCUT2D eigenvalue weighted by molar-refractivity contribution is -0.166. The van der Waals surface area contributed by atoms with Gasteiger partial charge in [-0.25, -0.2) is 0 Å². The van der Waals surface area contributed by atoms with Gasteiger partial charge in [-0.1, -0.05) is 226 Å². The fourth-order valence-electron chi connectivity index (χ4n) is 6.58. The highest BCUT2D eigenvalue weighted by atomic mass is 16.6. The molecular weight excluding hydrogens is 781 g/mol. The van der Waals surface area contributed by atoms with Crippen LogP contribution >= 0.6 is 0 Å². The number of carbonyl (C=O) groups excluding carboxylic acids is 3. The largest absolute Gasteiger partial charge is 0.462 e. The van der Waals surface area contributed by atoms with Gasteiger partial charge in [-0.3, -0.25) is 14.4 Å². The third-order valence-corrected chi connectivity index (χ3v) is 10.3. The highest BCUT2D eigenvalue weighted by Gasteiger charge is 2.19. The first-order valence-electron chi connectivity index (χ1n) is 25.4. The lowest BCUT2D eigenvalue weighted by Gasteiger charge is -2.18. The van der Waals surface area contributed by atoms with Gasteiger partial charge in [0.25, 0.3) is 0 Å². The zero-order valence-corrected chi connectivity index (χ0v) is 40.5. The van der Waals surface area contributed by atoms with Crippen molar-refractivity contribution in [1.29, 1.82) is 0 Å². The third kappa shape index (κ3) is 49.0. The molecule has 0 saturated heterocycles. The van der Waals surface area contributed by atoms with Crippen LogP contribution in [0.2, 0.25) is 0 Å². The normalized spacial score (nSPS) is 13.0. The van der Waals surface area contributed by atoms with E-state index in [0.29, 0.717) is 12.8 Å². The number of hydrogen-bond acceptors (Lipinski definition) is 6. The van der Waals surface area contributed by atoms with Crippen LogP contribution in [-0.4, -0.2) is 37.2 Å². The lowest BCUT2D eigenvalue weighted by Crippen LogP contribution is -2.30. The molecule has 0 bridgehead atoms. The maximum Gasteiger partial charge on any atom is 0.306 e. The second-order valence-corrected chi connectivity index (χ2v) is 16.4. The molecule has 0 heterocycles. The molecule has 0 spiro atoms. The van der Waals surface area contributed by atoms with E-state index in [1.165, 1.54) is 64.2 Å². The van der Waals surface area contributed by atoms with Crippen LogP contribution in [0.3, 0.4) is 0 Å². The molecule has 0 aromatic carbocycles. The number of esters is 3. The number of carbonyl (C=O) groups is 3. The van der Waals surface area contributed by atoms with E-state index in [1.54, 1.807) is 0 Å². The molecule has 1 unspecified atom stereocenters. The Balaban J connectivity index is 4.52. The van der Waals surface area contributed by atoms with Crippen LogP contribution in [-0.2, 0) is 28.6 Å². The van der Waals surface area contributed by atoms with E-state index < -0.39 is 6.10 Å². The van der Waals surface area contributed by atoms with Crippen LogP contribution in [0, 0.1) is 0 Å². The van der Waals surface area contributed by atoms with Crippen LogP contribution in [0.25, 0.3) is 0 Å². The summed E-state index contributed by atoms with van der Waals surface area (Å²) in [6.45, 7) is 6.29. The molecule has 0 fully saturated rings. The maximum absolute atomic E-state index is 12.8. The number of rotatable bonds is 44. The van der Waals surface area contributed by atoms with Gasteiger partial charge in [-0.15, -0.1) is 0 Å². The summed E-state index contributed by atoms with van der Waals surface area (Å²) in [4.78, 5) is 37.9. The quantitative estimate of drug-likeness (QED) is 0.0199. The highest BCUT2D eigenvalue weighted by molar-refractivity contribution is 5.71. The summed E-state index contributed by atoms with van der Waals surface area (Å²) >= 11 is 0. The van der Waals surface area contributed by atoms with Crippen molar-refractivity contribution >= 4 is 17.9 Å². The van der Waals surface area contributed by atoms with Gasteiger partial charge >= 0.3 is 17.9 Å². The predicted octanol–water partition coefficient (Wildman–Crippen LogP) is 16.8. The number of ether oxygens (including phenoxy) is 3. The van der Waals surface area contributed by atoms with Crippen molar-refractivity contribution in [1.82, 2.24) is 0 Å². The van der Waals surface area contributed by atoms with Gasteiger partial charge in [0.2, 0.25) is 0 Å². The molecule has 6 nitrogen and oxygen atoms in total. The number of allylic oxidation sites excluding steroid dienone is 18. The first kappa shape index (κ1) is 59.1. The van der Waals surface area contributed by atoms with Crippen molar-refractivity contribution in [3.8, 4) is 0 Å². The molecule has 0 radical (unpaired) electrons. The second-order valence-electron chi connectivity index (χ2n) is 16.4. The van der Waals surface area contributed by atoms with Crippen molar-refractivity contribution < 1.29 is 28.6 Å². The molecule has 356 valence electrons. The number of unbranched alkanes of at least 4 members (excludes halogenated alkanes) is 17. The van der Waals surface area contributed by atoms with Crippen molar-refractivity contribution in [2.45, 2.75) is 219 Å². The summed E-state index contributed by atoms with van der Waals surface area (Å²) in [6, 6.07) is 0. The van der Waals surface area contributed by atoms with Gasteiger partial charge in [-0.05, 0) is 77.0 Å². The first-order chi connectivity index (χ1) is 31.0. The van der Waals surface area contributed by atoms with Gasteiger partial charge in [0.15, 0.2) is 6.10 Å². The average Bonchev–Trinajstić information content (AvgIpc) is 3.28. The predicted molar refractivity (Wildman–Crippen MR) is 270 cm³/mol. The van der Waals surface area contributed by atoms with Crippen molar-refractivity contribution in [3.63, 3.8) is 0 Å². The van der Waals surface area contributed by atoms with Crippen molar-refractivity contribution in [2.24, 2.45) is 0 Å². The molecule has 0 aromatic heterocycles. The maximum atomic E-state index is 12.8. The molecule has 0 aliphatic rings. The Hall–Kier alpha value is -3.93. The summed E-state index contributed by atoms with van der Waals surface area (Å²) in [5.74, 6) is -1.02.